The van der Waals surface area contributed by atoms with Crippen LogP contribution in [-0.4, -0.2) is 31.1 Å². The Morgan fingerprint density at radius 1 is 1.28 bits per heavy atom. The number of halogens is 1. The molecule has 1 aromatic rings. The average Bonchev–Trinajstić information content (AvgIpc) is 2.87. The predicted octanol–water partition coefficient (Wildman–Crippen LogP) is 3.33. The molecule has 1 aromatic carbocycles. The summed E-state index contributed by atoms with van der Waals surface area (Å²) in [5, 5.41) is 3.54. The van der Waals surface area contributed by atoms with E-state index in [1.54, 1.807) is 0 Å². The minimum Gasteiger partial charge on any atom is -0.313 e. The molecule has 2 nitrogen and oxygen atoms in total. The van der Waals surface area contributed by atoms with Crippen molar-refractivity contribution in [1.82, 2.24) is 10.2 Å². The number of hydrogen-bond acceptors (Lipinski definition) is 2. The van der Waals surface area contributed by atoms with Gasteiger partial charge in [-0.1, -0.05) is 34.1 Å². The summed E-state index contributed by atoms with van der Waals surface area (Å²) in [4.78, 5) is 2.57. The van der Waals surface area contributed by atoms with Crippen molar-refractivity contribution in [3.63, 3.8) is 0 Å². The lowest BCUT2D eigenvalue weighted by Gasteiger charge is -2.14. The van der Waals surface area contributed by atoms with Crippen LogP contribution in [0.2, 0.25) is 0 Å². The maximum Gasteiger partial charge on any atom is 0.0249 e. The summed E-state index contributed by atoms with van der Waals surface area (Å²) < 4.78 is 1.25. The van der Waals surface area contributed by atoms with Crippen molar-refractivity contribution in [1.29, 1.82) is 0 Å². The van der Waals surface area contributed by atoms with Gasteiger partial charge in [-0.15, -0.1) is 0 Å². The Morgan fingerprint density at radius 3 is 2.83 bits per heavy atom. The summed E-state index contributed by atoms with van der Waals surface area (Å²) in [7, 11) is 0. The number of benzene rings is 1. The largest absolute Gasteiger partial charge is 0.313 e. The van der Waals surface area contributed by atoms with Gasteiger partial charge in [-0.25, -0.2) is 0 Å². The summed E-state index contributed by atoms with van der Waals surface area (Å²) >= 11 is 3.66. The van der Waals surface area contributed by atoms with E-state index in [1.807, 2.05) is 0 Å². The highest BCUT2D eigenvalue weighted by molar-refractivity contribution is 9.10. The molecule has 1 heterocycles. The van der Waals surface area contributed by atoms with Crippen LogP contribution in [0.25, 0.3) is 0 Å². The molecule has 0 bridgehead atoms. The molecular weight excluding hydrogens is 288 g/mol. The van der Waals surface area contributed by atoms with Gasteiger partial charge in [-0.3, -0.25) is 0 Å². The zero-order valence-electron chi connectivity index (χ0n) is 11.2. The number of hydrogen-bond donors (Lipinski definition) is 1. The van der Waals surface area contributed by atoms with Crippen LogP contribution in [0, 0.1) is 6.92 Å². The minimum atomic E-state index is 0.961. The Kier molecular flexibility index (Phi) is 5.67. The molecule has 18 heavy (non-hydrogen) atoms. The lowest BCUT2D eigenvalue weighted by atomic mass is 10.1. The Hall–Kier alpha value is -0.380. The summed E-state index contributed by atoms with van der Waals surface area (Å²) in [6, 6.07) is 6.45. The Labute approximate surface area is 119 Å². The third kappa shape index (κ3) is 4.08. The van der Waals surface area contributed by atoms with Crippen molar-refractivity contribution in [2.24, 2.45) is 0 Å². The van der Waals surface area contributed by atoms with E-state index in [0.29, 0.717) is 0 Å². The van der Waals surface area contributed by atoms with E-state index >= 15 is 0 Å². The lowest BCUT2D eigenvalue weighted by molar-refractivity contribution is 0.331. The molecule has 0 atom stereocenters. The third-order valence-corrected chi connectivity index (χ3v) is 4.75. The van der Waals surface area contributed by atoms with E-state index in [0.717, 1.165) is 13.1 Å². The number of nitrogens with zero attached hydrogens (tertiary/aromatic N) is 1. The number of likely N-dealkylation sites (tertiary alicyclic amines) is 1. The molecule has 2 rings (SSSR count). The maximum atomic E-state index is 3.66. The van der Waals surface area contributed by atoms with E-state index in [4.69, 9.17) is 0 Å². The molecule has 1 aliphatic rings. The van der Waals surface area contributed by atoms with Crippen LogP contribution in [0.5, 0.6) is 0 Å². The standard InChI is InChI=1S/C15H23BrN2/c1-13-6-4-7-14(15(13)16)12-17-8-5-11-18-9-2-3-10-18/h4,6-7,17H,2-3,5,8-12H2,1H3. The first kappa shape index (κ1) is 14.0. The first-order chi connectivity index (χ1) is 8.77. The van der Waals surface area contributed by atoms with Gasteiger partial charge in [0, 0.05) is 11.0 Å². The van der Waals surface area contributed by atoms with Gasteiger partial charge in [-0.05, 0) is 63.5 Å². The molecule has 0 saturated carbocycles. The predicted molar refractivity (Wildman–Crippen MR) is 80.9 cm³/mol. The van der Waals surface area contributed by atoms with Crippen molar-refractivity contribution in [2.45, 2.75) is 32.7 Å². The van der Waals surface area contributed by atoms with Crippen molar-refractivity contribution in [2.75, 3.05) is 26.2 Å². The normalized spacial score (nSPS) is 16.3. The molecule has 100 valence electrons. The summed E-state index contributed by atoms with van der Waals surface area (Å²) in [6.07, 6.45) is 4.04. The molecule has 1 aliphatic heterocycles. The quantitative estimate of drug-likeness (QED) is 0.811. The maximum absolute atomic E-state index is 3.66. The fraction of sp³-hybridized carbons (Fsp3) is 0.600. The molecule has 1 N–H and O–H groups in total. The van der Waals surface area contributed by atoms with Crippen LogP contribution < -0.4 is 5.32 Å². The first-order valence-corrected chi connectivity index (χ1v) is 7.74. The van der Waals surface area contributed by atoms with Crippen LogP contribution in [0.15, 0.2) is 22.7 Å². The molecule has 0 aliphatic carbocycles. The Balaban J connectivity index is 1.64. The van der Waals surface area contributed by atoms with Gasteiger partial charge in [0.2, 0.25) is 0 Å². The van der Waals surface area contributed by atoms with Crippen LogP contribution in [0.3, 0.4) is 0 Å². The molecule has 0 amide bonds. The van der Waals surface area contributed by atoms with E-state index < -0.39 is 0 Å². The smallest absolute Gasteiger partial charge is 0.0249 e. The molecule has 3 heteroatoms. The van der Waals surface area contributed by atoms with Gasteiger partial charge in [0.25, 0.3) is 0 Å². The topological polar surface area (TPSA) is 15.3 Å². The fourth-order valence-corrected chi connectivity index (χ4v) is 2.91. The molecule has 1 fully saturated rings. The second kappa shape index (κ2) is 7.27. The summed E-state index contributed by atoms with van der Waals surface area (Å²) in [6.45, 7) is 8.08. The van der Waals surface area contributed by atoms with Gasteiger partial charge in [-0.2, -0.15) is 0 Å². The SMILES string of the molecule is Cc1cccc(CNCCCN2CCCC2)c1Br. The van der Waals surface area contributed by atoms with Crippen molar-refractivity contribution < 1.29 is 0 Å². The third-order valence-electron chi connectivity index (χ3n) is 3.61. The van der Waals surface area contributed by atoms with Crippen LogP contribution in [0.1, 0.15) is 30.4 Å². The van der Waals surface area contributed by atoms with Crippen molar-refractivity contribution >= 4 is 15.9 Å². The Morgan fingerprint density at radius 2 is 2.06 bits per heavy atom. The second-order valence-electron chi connectivity index (χ2n) is 5.13. The van der Waals surface area contributed by atoms with E-state index in [1.165, 1.54) is 54.5 Å². The van der Waals surface area contributed by atoms with E-state index in [-0.39, 0.29) is 0 Å². The van der Waals surface area contributed by atoms with Gasteiger partial charge < -0.3 is 10.2 Å². The van der Waals surface area contributed by atoms with E-state index in [2.05, 4.69) is 51.3 Å². The monoisotopic (exact) mass is 310 g/mol. The average molecular weight is 311 g/mol. The molecule has 0 unspecified atom stereocenters. The summed E-state index contributed by atoms with van der Waals surface area (Å²) in [5.41, 5.74) is 2.67. The van der Waals surface area contributed by atoms with E-state index in [9.17, 15) is 0 Å². The van der Waals surface area contributed by atoms with Crippen LogP contribution in [0.4, 0.5) is 0 Å². The minimum absolute atomic E-state index is 0.961. The number of aryl methyl sites for hydroxylation is 1. The molecule has 1 saturated heterocycles. The molecular formula is C15H23BrN2. The van der Waals surface area contributed by atoms with Crippen LogP contribution in [-0.2, 0) is 6.54 Å². The van der Waals surface area contributed by atoms with Crippen molar-refractivity contribution in [3.05, 3.63) is 33.8 Å². The van der Waals surface area contributed by atoms with Gasteiger partial charge in [0.15, 0.2) is 0 Å². The highest BCUT2D eigenvalue weighted by atomic mass is 79.9. The van der Waals surface area contributed by atoms with Gasteiger partial charge in [0.1, 0.15) is 0 Å². The van der Waals surface area contributed by atoms with Gasteiger partial charge >= 0.3 is 0 Å². The number of nitrogens with one attached hydrogen (secondary N) is 1. The lowest BCUT2D eigenvalue weighted by Crippen LogP contribution is -2.24. The first-order valence-electron chi connectivity index (χ1n) is 6.94. The number of rotatable bonds is 6. The zero-order valence-corrected chi connectivity index (χ0v) is 12.8. The Bertz CT molecular complexity index is 373. The molecule has 0 aromatic heterocycles. The van der Waals surface area contributed by atoms with Crippen LogP contribution >= 0.6 is 15.9 Å². The van der Waals surface area contributed by atoms with Crippen molar-refractivity contribution in [3.8, 4) is 0 Å². The second-order valence-corrected chi connectivity index (χ2v) is 5.92. The van der Waals surface area contributed by atoms with Gasteiger partial charge in [0.05, 0.1) is 0 Å². The fourth-order valence-electron chi connectivity index (χ4n) is 2.50. The zero-order chi connectivity index (χ0) is 12.8. The molecule has 0 radical (unpaired) electrons. The molecule has 0 spiro atoms. The highest BCUT2D eigenvalue weighted by Crippen LogP contribution is 2.20. The summed E-state index contributed by atoms with van der Waals surface area (Å²) in [5.74, 6) is 0. The highest BCUT2D eigenvalue weighted by Gasteiger charge is 2.10.